The highest BCUT2D eigenvalue weighted by Gasteiger charge is 2.25. The van der Waals surface area contributed by atoms with Crippen LogP contribution in [0.2, 0.25) is 0 Å². The van der Waals surface area contributed by atoms with E-state index < -0.39 is 0 Å². The minimum absolute atomic E-state index is 0. The molecule has 0 aliphatic heterocycles. The lowest BCUT2D eigenvalue weighted by molar-refractivity contribution is 0.281. The summed E-state index contributed by atoms with van der Waals surface area (Å²) in [6, 6.07) is 0. The van der Waals surface area contributed by atoms with Crippen LogP contribution in [0.3, 0.4) is 0 Å². The van der Waals surface area contributed by atoms with Crippen molar-refractivity contribution in [3.8, 4) is 0 Å². The van der Waals surface area contributed by atoms with Gasteiger partial charge in [-0.05, 0) is 18.3 Å². The fraction of sp³-hybridized carbons (Fsp3) is 1.00. The molecule has 0 heterocycles. The maximum atomic E-state index is 8.78. The first kappa shape index (κ1) is 22.2. The average molecular weight is 333 g/mol. The molecule has 0 unspecified atom stereocenters. The summed E-state index contributed by atoms with van der Waals surface area (Å²) in [6.45, 7) is 2.68. The quantitative estimate of drug-likeness (QED) is 0.343. The smallest absolute Gasteiger partial charge is 0.0431 e. The Morgan fingerprint density at radius 1 is 0.682 bits per heavy atom. The van der Waals surface area contributed by atoms with Crippen molar-refractivity contribution in [1.29, 1.82) is 0 Å². The molecule has 1 rings (SSSR count). The molecule has 0 radical (unpaired) electrons. The number of hydrogen-bond acceptors (Lipinski definition) is 1. The summed E-state index contributed by atoms with van der Waals surface area (Å²) in [4.78, 5) is 0. The van der Waals surface area contributed by atoms with E-state index in [1.807, 2.05) is 0 Å². The molecular formula is C20H41ClO. The molecule has 0 aromatic carbocycles. The monoisotopic (exact) mass is 332 g/mol. The third-order valence-corrected chi connectivity index (χ3v) is 5.48. The molecule has 2 heteroatoms. The molecule has 0 amide bonds. The van der Waals surface area contributed by atoms with Crippen molar-refractivity contribution in [2.45, 2.75) is 110 Å². The van der Waals surface area contributed by atoms with Crippen LogP contribution in [0.1, 0.15) is 110 Å². The first-order valence-corrected chi connectivity index (χ1v) is 9.99. The molecule has 1 nitrogen and oxygen atoms in total. The topological polar surface area (TPSA) is 20.2 Å². The van der Waals surface area contributed by atoms with Crippen LogP contribution >= 0.6 is 12.4 Å². The van der Waals surface area contributed by atoms with Gasteiger partial charge in [0.05, 0.1) is 0 Å². The Kier molecular flexibility index (Phi) is 16.3. The van der Waals surface area contributed by atoms with E-state index in [0.717, 1.165) is 18.3 Å². The van der Waals surface area contributed by atoms with E-state index in [4.69, 9.17) is 5.11 Å². The third kappa shape index (κ3) is 10.9. The largest absolute Gasteiger partial charge is 0.396 e. The zero-order chi connectivity index (χ0) is 15.2. The number of halogens is 1. The van der Waals surface area contributed by atoms with Gasteiger partial charge in [0.15, 0.2) is 0 Å². The maximum absolute atomic E-state index is 8.78. The number of aliphatic hydroxyl groups is 1. The summed E-state index contributed by atoms with van der Waals surface area (Å²) in [7, 11) is 0. The first-order chi connectivity index (χ1) is 10.4. The van der Waals surface area contributed by atoms with Crippen molar-refractivity contribution < 1.29 is 5.11 Å². The van der Waals surface area contributed by atoms with E-state index in [-0.39, 0.29) is 12.4 Å². The Hall–Kier alpha value is 0.250. The van der Waals surface area contributed by atoms with E-state index in [9.17, 15) is 0 Å². The van der Waals surface area contributed by atoms with Crippen LogP contribution in [-0.2, 0) is 0 Å². The fourth-order valence-corrected chi connectivity index (χ4v) is 4.11. The van der Waals surface area contributed by atoms with E-state index in [1.54, 1.807) is 0 Å². The standard InChI is InChI=1S/C20H40O.ClH/c1-2-3-4-5-7-10-14-19-16-13-17-20(19)15-11-8-6-9-12-18-21;/h19-21H,2-18H2,1H3;1H/t19-,20-;/m0./s1. The summed E-state index contributed by atoms with van der Waals surface area (Å²) in [5.41, 5.74) is 0. The molecule has 0 bridgehead atoms. The van der Waals surface area contributed by atoms with Gasteiger partial charge in [0.25, 0.3) is 0 Å². The van der Waals surface area contributed by atoms with Gasteiger partial charge in [-0.15, -0.1) is 12.4 Å². The van der Waals surface area contributed by atoms with Gasteiger partial charge >= 0.3 is 0 Å². The Morgan fingerprint density at radius 2 is 1.14 bits per heavy atom. The van der Waals surface area contributed by atoms with Gasteiger partial charge in [-0.2, -0.15) is 0 Å². The first-order valence-electron chi connectivity index (χ1n) is 9.99. The summed E-state index contributed by atoms with van der Waals surface area (Å²) in [5, 5.41) is 8.78. The lowest BCUT2D eigenvalue weighted by Crippen LogP contribution is -2.08. The zero-order valence-corrected chi connectivity index (χ0v) is 15.8. The molecule has 0 spiro atoms. The molecule has 2 atom stereocenters. The lowest BCUT2D eigenvalue weighted by atomic mass is 9.86. The van der Waals surface area contributed by atoms with Gasteiger partial charge in [0, 0.05) is 6.61 Å². The second-order valence-corrected chi connectivity index (χ2v) is 7.29. The molecule has 22 heavy (non-hydrogen) atoms. The van der Waals surface area contributed by atoms with Crippen molar-refractivity contribution >= 4 is 12.4 Å². The summed E-state index contributed by atoms with van der Waals surface area (Å²) in [5.74, 6) is 2.12. The SMILES string of the molecule is CCCCCCCC[C@H]1CCC[C@@H]1CCCCCCCO.Cl. The van der Waals surface area contributed by atoms with Crippen LogP contribution in [0.4, 0.5) is 0 Å². The minimum Gasteiger partial charge on any atom is -0.396 e. The molecule has 0 saturated heterocycles. The molecule has 1 aliphatic carbocycles. The van der Waals surface area contributed by atoms with Gasteiger partial charge in [-0.25, -0.2) is 0 Å². The Morgan fingerprint density at radius 3 is 1.64 bits per heavy atom. The summed E-state index contributed by atoms with van der Waals surface area (Å²) >= 11 is 0. The number of aliphatic hydroxyl groups excluding tert-OH is 1. The molecular weight excluding hydrogens is 292 g/mol. The second kappa shape index (κ2) is 16.1. The van der Waals surface area contributed by atoms with Gasteiger partial charge in [-0.1, -0.05) is 103 Å². The van der Waals surface area contributed by atoms with Crippen LogP contribution in [0, 0.1) is 11.8 Å². The van der Waals surface area contributed by atoms with E-state index in [0.29, 0.717) is 6.61 Å². The van der Waals surface area contributed by atoms with Crippen molar-refractivity contribution in [2.24, 2.45) is 11.8 Å². The van der Waals surface area contributed by atoms with Crippen LogP contribution < -0.4 is 0 Å². The van der Waals surface area contributed by atoms with E-state index in [2.05, 4.69) is 6.92 Å². The van der Waals surface area contributed by atoms with Gasteiger partial charge in [0.1, 0.15) is 0 Å². The number of rotatable bonds is 14. The molecule has 1 saturated carbocycles. The summed E-state index contributed by atoms with van der Waals surface area (Å²) in [6.07, 6.45) is 22.6. The van der Waals surface area contributed by atoms with Gasteiger partial charge in [0.2, 0.25) is 0 Å². The molecule has 1 fully saturated rings. The summed E-state index contributed by atoms with van der Waals surface area (Å²) < 4.78 is 0. The highest BCUT2D eigenvalue weighted by Crippen LogP contribution is 2.38. The predicted octanol–water partition coefficient (Wildman–Crippen LogP) is 6.91. The van der Waals surface area contributed by atoms with Crippen molar-refractivity contribution in [1.82, 2.24) is 0 Å². The Labute approximate surface area is 146 Å². The predicted molar refractivity (Wildman–Crippen MR) is 101 cm³/mol. The van der Waals surface area contributed by atoms with Crippen molar-refractivity contribution in [3.63, 3.8) is 0 Å². The Balaban J connectivity index is 0.00000441. The molecule has 134 valence electrons. The lowest BCUT2D eigenvalue weighted by Gasteiger charge is -2.19. The zero-order valence-electron chi connectivity index (χ0n) is 15.0. The van der Waals surface area contributed by atoms with Crippen molar-refractivity contribution in [3.05, 3.63) is 0 Å². The van der Waals surface area contributed by atoms with Crippen LogP contribution in [0.25, 0.3) is 0 Å². The van der Waals surface area contributed by atoms with Crippen LogP contribution in [0.15, 0.2) is 0 Å². The van der Waals surface area contributed by atoms with E-state index >= 15 is 0 Å². The second-order valence-electron chi connectivity index (χ2n) is 7.29. The third-order valence-electron chi connectivity index (χ3n) is 5.48. The molecule has 1 N–H and O–H groups in total. The van der Waals surface area contributed by atoms with E-state index in [1.165, 1.54) is 96.3 Å². The molecule has 0 aromatic heterocycles. The van der Waals surface area contributed by atoms with Crippen LogP contribution in [0.5, 0.6) is 0 Å². The molecule has 1 aliphatic rings. The highest BCUT2D eigenvalue weighted by molar-refractivity contribution is 5.85. The minimum atomic E-state index is 0. The van der Waals surface area contributed by atoms with Crippen LogP contribution in [-0.4, -0.2) is 11.7 Å². The van der Waals surface area contributed by atoms with Gasteiger partial charge in [-0.3, -0.25) is 0 Å². The number of hydrogen-bond donors (Lipinski definition) is 1. The molecule has 0 aromatic rings. The van der Waals surface area contributed by atoms with Crippen molar-refractivity contribution in [2.75, 3.05) is 6.61 Å². The number of unbranched alkanes of at least 4 members (excludes halogenated alkanes) is 9. The normalized spacial score (nSPS) is 21.0. The fourth-order valence-electron chi connectivity index (χ4n) is 4.11. The Bertz CT molecular complexity index is 198. The highest BCUT2D eigenvalue weighted by atomic mass is 35.5. The maximum Gasteiger partial charge on any atom is 0.0431 e. The average Bonchev–Trinajstić information content (AvgIpc) is 2.94. The van der Waals surface area contributed by atoms with Gasteiger partial charge < -0.3 is 5.11 Å².